The maximum Gasteiger partial charge on any atom is 0.269 e. The first-order chi connectivity index (χ1) is 12.0. The van der Waals surface area contributed by atoms with Crippen LogP contribution in [0.1, 0.15) is 11.1 Å². The highest BCUT2D eigenvalue weighted by molar-refractivity contribution is 5.91. The summed E-state index contributed by atoms with van der Waals surface area (Å²) in [5.74, 6) is 0.944. The fraction of sp³-hybridized carbons (Fsp3) is 0.167. The quantitative estimate of drug-likeness (QED) is 0.474. The van der Waals surface area contributed by atoms with Gasteiger partial charge in [0.15, 0.2) is 11.5 Å². The van der Waals surface area contributed by atoms with Gasteiger partial charge in [-0.2, -0.15) is 0 Å². The average Bonchev–Trinajstić information content (AvgIpc) is 2.64. The molecule has 1 N–H and O–H groups in total. The molecule has 2 rings (SSSR count). The molecular weight excluding hydrogens is 324 g/mol. The second-order valence-electron chi connectivity index (χ2n) is 5.09. The van der Waals surface area contributed by atoms with E-state index in [9.17, 15) is 14.9 Å². The number of nitro benzene ring substituents is 1. The predicted molar refractivity (Wildman–Crippen MR) is 93.5 cm³/mol. The number of nitrogens with zero attached hydrogens (tertiary/aromatic N) is 1. The van der Waals surface area contributed by atoms with Gasteiger partial charge in [-0.15, -0.1) is 0 Å². The Balaban J connectivity index is 1.93. The maximum absolute atomic E-state index is 11.9. The molecule has 0 heterocycles. The summed E-state index contributed by atoms with van der Waals surface area (Å²) in [4.78, 5) is 22.0. The number of nitrogens with one attached hydrogen (secondary N) is 1. The molecule has 0 aromatic heterocycles. The van der Waals surface area contributed by atoms with E-state index in [1.54, 1.807) is 44.6 Å². The van der Waals surface area contributed by atoms with Gasteiger partial charge in [-0.25, -0.2) is 0 Å². The third-order valence-corrected chi connectivity index (χ3v) is 3.45. The first kappa shape index (κ1) is 18.0. The van der Waals surface area contributed by atoms with E-state index < -0.39 is 4.92 Å². The summed E-state index contributed by atoms with van der Waals surface area (Å²) in [5.41, 5.74) is 1.58. The van der Waals surface area contributed by atoms with Crippen molar-refractivity contribution < 1.29 is 19.2 Å². The first-order valence-electron chi connectivity index (χ1n) is 7.44. The molecule has 0 saturated carbocycles. The van der Waals surface area contributed by atoms with Gasteiger partial charge in [-0.1, -0.05) is 6.07 Å². The van der Waals surface area contributed by atoms with Crippen LogP contribution in [0.5, 0.6) is 11.5 Å². The summed E-state index contributed by atoms with van der Waals surface area (Å²) < 4.78 is 10.4. The lowest BCUT2D eigenvalue weighted by Gasteiger charge is -2.09. The SMILES string of the molecule is COc1ccc(CNC(=O)/C=C/c2ccc([N+](=O)[O-])cc2)cc1OC. The number of carbonyl (C=O) groups excluding carboxylic acids is 1. The maximum atomic E-state index is 11.9. The lowest BCUT2D eigenvalue weighted by molar-refractivity contribution is -0.384. The van der Waals surface area contributed by atoms with Crippen molar-refractivity contribution in [2.75, 3.05) is 14.2 Å². The Morgan fingerprint density at radius 1 is 1.12 bits per heavy atom. The first-order valence-corrected chi connectivity index (χ1v) is 7.44. The number of non-ortho nitro benzene ring substituents is 1. The average molecular weight is 342 g/mol. The van der Waals surface area contributed by atoms with Gasteiger partial charge in [-0.05, 0) is 41.5 Å². The van der Waals surface area contributed by atoms with Crippen LogP contribution in [-0.4, -0.2) is 25.1 Å². The summed E-state index contributed by atoms with van der Waals surface area (Å²) >= 11 is 0. The van der Waals surface area contributed by atoms with Crippen LogP contribution < -0.4 is 14.8 Å². The topological polar surface area (TPSA) is 90.7 Å². The van der Waals surface area contributed by atoms with Crippen LogP contribution in [0.4, 0.5) is 5.69 Å². The highest BCUT2D eigenvalue weighted by atomic mass is 16.6. The zero-order chi connectivity index (χ0) is 18.2. The van der Waals surface area contributed by atoms with E-state index in [0.717, 1.165) is 5.56 Å². The molecule has 0 bridgehead atoms. The fourth-order valence-corrected chi connectivity index (χ4v) is 2.12. The van der Waals surface area contributed by atoms with Crippen LogP contribution >= 0.6 is 0 Å². The van der Waals surface area contributed by atoms with Gasteiger partial charge >= 0.3 is 0 Å². The molecule has 0 radical (unpaired) electrons. The third-order valence-electron chi connectivity index (χ3n) is 3.45. The normalized spacial score (nSPS) is 10.5. The van der Waals surface area contributed by atoms with E-state index in [1.807, 2.05) is 6.07 Å². The molecule has 25 heavy (non-hydrogen) atoms. The number of hydrogen-bond donors (Lipinski definition) is 1. The Hall–Kier alpha value is -3.35. The van der Waals surface area contributed by atoms with Crippen LogP contribution in [0.3, 0.4) is 0 Å². The molecule has 7 nitrogen and oxygen atoms in total. The minimum absolute atomic E-state index is 0.00931. The number of carbonyl (C=O) groups is 1. The Morgan fingerprint density at radius 2 is 1.80 bits per heavy atom. The van der Waals surface area contributed by atoms with Crippen molar-refractivity contribution in [2.24, 2.45) is 0 Å². The van der Waals surface area contributed by atoms with Crippen LogP contribution in [0.25, 0.3) is 6.08 Å². The molecular formula is C18H18N2O5. The van der Waals surface area contributed by atoms with Crippen LogP contribution in [0, 0.1) is 10.1 Å². The Kier molecular flexibility index (Phi) is 6.11. The van der Waals surface area contributed by atoms with Gasteiger partial charge in [0.05, 0.1) is 19.1 Å². The number of rotatable bonds is 7. The fourth-order valence-electron chi connectivity index (χ4n) is 2.12. The monoisotopic (exact) mass is 342 g/mol. The van der Waals surface area contributed by atoms with Crippen molar-refractivity contribution in [2.45, 2.75) is 6.54 Å². The Bertz CT molecular complexity index is 785. The number of ether oxygens (including phenoxy) is 2. The van der Waals surface area contributed by atoms with Crippen molar-refractivity contribution in [3.63, 3.8) is 0 Å². The number of benzene rings is 2. The molecule has 0 saturated heterocycles. The van der Waals surface area contributed by atoms with Crippen molar-refractivity contribution in [3.05, 3.63) is 69.8 Å². The highest BCUT2D eigenvalue weighted by Crippen LogP contribution is 2.27. The summed E-state index contributed by atoms with van der Waals surface area (Å²) in [6.45, 7) is 0.337. The summed E-state index contributed by atoms with van der Waals surface area (Å²) in [6.07, 6.45) is 2.97. The molecule has 130 valence electrons. The van der Waals surface area contributed by atoms with E-state index in [4.69, 9.17) is 9.47 Å². The van der Waals surface area contributed by atoms with Gasteiger partial charge in [0, 0.05) is 24.8 Å². The van der Waals surface area contributed by atoms with E-state index in [-0.39, 0.29) is 11.6 Å². The lowest BCUT2D eigenvalue weighted by atomic mass is 10.2. The van der Waals surface area contributed by atoms with Gasteiger partial charge < -0.3 is 14.8 Å². The highest BCUT2D eigenvalue weighted by Gasteiger charge is 2.05. The minimum atomic E-state index is -0.469. The standard InChI is InChI=1S/C18H18N2O5/c1-24-16-9-5-14(11-17(16)25-2)12-19-18(21)10-6-13-3-7-15(8-4-13)20(22)23/h3-11H,12H2,1-2H3,(H,19,21)/b10-6+. The molecule has 2 aromatic carbocycles. The van der Waals surface area contributed by atoms with Gasteiger partial charge in [-0.3, -0.25) is 14.9 Å². The van der Waals surface area contributed by atoms with Crippen LogP contribution in [-0.2, 0) is 11.3 Å². The van der Waals surface area contributed by atoms with Crippen molar-refractivity contribution >= 4 is 17.7 Å². The van der Waals surface area contributed by atoms with Crippen LogP contribution in [0.15, 0.2) is 48.5 Å². The summed E-state index contributed by atoms with van der Waals surface area (Å²) in [6, 6.07) is 11.3. The van der Waals surface area contributed by atoms with E-state index in [1.165, 1.54) is 18.2 Å². The summed E-state index contributed by atoms with van der Waals surface area (Å²) in [7, 11) is 3.11. The molecule has 2 aromatic rings. The Labute approximate surface area is 145 Å². The molecule has 0 aliphatic rings. The molecule has 0 fully saturated rings. The minimum Gasteiger partial charge on any atom is -0.493 e. The third kappa shape index (κ3) is 5.07. The van der Waals surface area contributed by atoms with Gasteiger partial charge in [0.25, 0.3) is 5.69 Å². The number of nitro groups is 1. The second-order valence-corrected chi connectivity index (χ2v) is 5.09. The largest absolute Gasteiger partial charge is 0.493 e. The smallest absolute Gasteiger partial charge is 0.269 e. The van der Waals surface area contributed by atoms with E-state index in [0.29, 0.717) is 23.6 Å². The van der Waals surface area contributed by atoms with Crippen LogP contribution in [0.2, 0.25) is 0 Å². The zero-order valence-corrected chi connectivity index (χ0v) is 13.9. The second kappa shape index (κ2) is 8.49. The van der Waals surface area contributed by atoms with Gasteiger partial charge in [0.2, 0.25) is 5.91 Å². The zero-order valence-electron chi connectivity index (χ0n) is 13.9. The number of amides is 1. The Morgan fingerprint density at radius 3 is 2.40 bits per heavy atom. The number of methoxy groups -OCH3 is 2. The molecule has 7 heteroatoms. The lowest BCUT2D eigenvalue weighted by Crippen LogP contribution is -2.20. The molecule has 0 unspecified atom stereocenters. The van der Waals surface area contributed by atoms with E-state index in [2.05, 4.69) is 5.32 Å². The van der Waals surface area contributed by atoms with Crippen molar-refractivity contribution in [1.29, 1.82) is 0 Å². The van der Waals surface area contributed by atoms with Crippen molar-refractivity contribution in [3.8, 4) is 11.5 Å². The van der Waals surface area contributed by atoms with Gasteiger partial charge in [0.1, 0.15) is 0 Å². The van der Waals surface area contributed by atoms with Crippen molar-refractivity contribution in [1.82, 2.24) is 5.32 Å². The predicted octanol–water partition coefficient (Wildman–Crippen LogP) is 2.94. The summed E-state index contributed by atoms with van der Waals surface area (Å²) in [5, 5.41) is 13.3. The molecule has 0 spiro atoms. The molecule has 0 atom stereocenters. The molecule has 0 aliphatic heterocycles. The number of hydrogen-bond acceptors (Lipinski definition) is 5. The molecule has 1 amide bonds. The molecule has 0 aliphatic carbocycles. The van der Waals surface area contributed by atoms with E-state index >= 15 is 0 Å².